The Morgan fingerprint density at radius 1 is 1.37 bits per heavy atom. The third-order valence-electron chi connectivity index (χ3n) is 4.13. The first-order chi connectivity index (χ1) is 12.7. The van der Waals surface area contributed by atoms with Gasteiger partial charge in [-0.25, -0.2) is 0 Å². The molecule has 8 nitrogen and oxygen atoms in total. The molecule has 0 aliphatic carbocycles. The number of hydrogen-bond donors (Lipinski definition) is 0. The molecule has 1 saturated heterocycles. The highest BCUT2D eigenvalue weighted by Gasteiger charge is 2.39. The number of alkyl halides is 3. The van der Waals surface area contributed by atoms with Crippen molar-refractivity contribution in [2.75, 3.05) is 13.1 Å². The van der Waals surface area contributed by atoms with Crippen molar-refractivity contribution >= 4 is 23.2 Å². The van der Waals surface area contributed by atoms with E-state index in [9.17, 15) is 28.1 Å². The Kier molecular flexibility index (Phi) is 5.05. The molecule has 1 aromatic heterocycles. The van der Waals surface area contributed by atoms with Crippen molar-refractivity contribution in [2.45, 2.75) is 24.9 Å². The van der Waals surface area contributed by atoms with E-state index in [4.69, 9.17) is 16.0 Å². The summed E-state index contributed by atoms with van der Waals surface area (Å²) < 4.78 is 42.5. The second kappa shape index (κ2) is 7.14. The number of carbonyl (C=O) groups is 1. The van der Waals surface area contributed by atoms with Crippen molar-refractivity contribution in [3.05, 3.63) is 50.7 Å². The third kappa shape index (κ3) is 4.02. The molecule has 144 valence electrons. The Morgan fingerprint density at radius 3 is 2.74 bits per heavy atom. The van der Waals surface area contributed by atoms with Crippen molar-refractivity contribution in [3.63, 3.8) is 0 Å². The van der Waals surface area contributed by atoms with E-state index in [0.29, 0.717) is 19.4 Å². The largest absolute Gasteiger partial charge is 0.470 e. The SMILES string of the molecule is O=C(c1ccc(Cl)c([N+](=O)[O-])c1)N1CCCC(c2nnc(C(F)(F)F)o2)C1. The number of hydrogen-bond acceptors (Lipinski definition) is 6. The average molecular weight is 405 g/mol. The maximum atomic E-state index is 12.6. The molecule has 1 aliphatic heterocycles. The number of rotatable bonds is 3. The molecule has 27 heavy (non-hydrogen) atoms. The fourth-order valence-corrected chi connectivity index (χ4v) is 3.03. The number of likely N-dealkylation sites (tertiary alicyclic amines) is 1. The van der Waals surface area contributed by atoms with Crippen LogP contribution in [0.25, 0.3) is 0 Å². The van der Waals surface area contributed by atoms with Gasteiger partial charge in [-0.15, -0.1) is 10.2 Å². The molecular weight excluding hydrogens is 393 g/mol. The molecular formula is C15H12ClF3N4O4. The smallest absolute Gasteiger partial charge is 0.417 e. The summed E-state index contributed by atoms with van der Waals surface area (Å²) in [5.41, 5.74) is -0.337. The molecule has 0 N–H and O–H groups in total. The molecule has 1 fully saturated rings. The maximum Gasteiger partial charge on any atom is 0.470 e. The Labute approximate surface area is 155 Å². The molecule has 2 aromatic rings. The lowest BCUT2D eigenvalue weighted by atomic mass is 9.97. The van der Waals surface area contributed by atoms with Crippen LogP contribution in [0.4, 0.5) is 18.9 Å². The Bertz CT molecular complexity index is 886. The molecule has 1 amide bonds. The first-order valence-corrected chi connectivity index (χ1v) is 8.18. The molecule has 1 aliphatic rings. The second-order valence-corrected chi connectivity index (χ2v) is 6.36. The highest BCUT2D eigenvalue weighted by Crippen LogP contribution is 2.33. The van der Waals surface area contributed by atoms with E-state index in [1.54, 1.807) is 0 Å². The van der Waals surface area contributed by atoms with Gasteiger partial charge in [0.25, 0.3) is 11.6 Å². The molecule has 0 radical (unpaired) electrons. The average Bonchev–Trinajstić information content (AvgIpc) is 3.12. The highest BCUT2D eigenvalue weighted by atomic mass is 35.5. The van der Waals surface area contributed by atoms with Crippen molar-refractivity contribution < 1.29 is 27.3 Å². The van der Waals surface area contributed by atoms with Crippen LogP contribution in [0.15, 0.2) is 22.6 Å². The first-order valence-electron chi connectivity index (χ1n) is 7.80. The van der Waals surface area contributed by atoms with Gasteiger partial charge >= 0.3 is 12.1 Å². The van der Waals surface area contributed by atoms with Gasteiger partial charge in [-0.1, -0.05) is 11.6 Å². The van der Waals surface area contributed by atoms with Crippen LogP contribution in [0.1, 0.15) is 40.9 Å². The van der Waals surface area contributed by atoms with Crippen LogP contribution < -0.4 is 0 Å². The lowest BCUT2D eigenvalue weighted by molar-refractivity contribution is -0.384. The Balaban J connectivity index is 1.78. The molecule has 3 rings (SSSR count). The van der Waals surface area contributed by atoms with Crippen molar-refractivity contribution in [1.29, 1.82) is 0 Å². The van der Waals surface area contributed by atoms with Gasteiger partial charge in [-0.3, -0.25) is 14.9 Å². The summed E-state index contributed by atoms with van der Waals surface area (Å²) in [5.74, 6) is -2.67. The van der Waals surface area contributed by atoms with E-state index >= 15 is 0 Å². The van der Waals surface area contributed by atoms with Crippen LogP contribution in [0.2, 0.25) is 5.02 Å². The van der Waals surface area contributed by atoms with Crippen LogP contribution in [-0.4, -0.2) is 39.0 Å². The number of nitro benzene ring substituents is 1. The summed E-state index contributed by atoms with van der Waals surface area (Å²) >= 11 is 5.74. The van der Waals surface area contributed by atoms with Crippen LogP contribution in [-0.2, 0) is 6.18 Å². The summed E-state index contributed by atoms with van der Waals surface area (Å²) in [6.45, 7) is 0.417. The number of nitrogens with zero attached hydrogens (tertiary/aromatic N) is 4. The maximum absolute atomic E-state index is 12.6. The summed E-state index contributed by atoms with van der Waals surface area (Å²) in [7, 11) is 0. The number of amides is 1. The minimum Gasteiger partial charge on any atom is -0.417 e. The van der Waals surface area contributed by atoms with Crippen LogP contribution >= 0.6 is 11.6 Å². The quantitative estimate of drug-likeness (QED) is 0.571. The zero-order valence-corrected chi connectivity index (χ0v) is 14.3. The number of aromatic nitrogens is 2. The Morgan fingerprint density at radius 2 is 2.11 bits per heavy atom. The second-order valence-electron chi connectivity index (χ2n) is 5.96. The topological polar surface area (TPSA) is 102 Å². The molecule has 0 spiro atoms. The summed E-state index contributed by atoms with van der Waals surface area (Å²) in [5, 5.41) is 17.3. The fourth-order valence-electron chi connectivity index (χ4n) is 2.85. The van der Waals surface area contributed by atoms with Gasteiger partial charge in [-0.2, -0.15) is 13.2 Å². The lowest BCUT2D eigenvalue weighted by Gasteiger charge is -2.31. The standard InChI is InChI=1S/C15H12ClF3N4O4/c16-10-4-3-8(6-11(10)23(25)26)13(24)22-5-1-2-9(7-22)12-20-21-14(27-12)15(17,18)19/h3-4,6,9H,1-2,5,7H2. The van der Waals surface area contributed by atoms with Crippen molar-refractivity contribution in [2.24, 2.45) is 0 Å². The number of piperidine rings is 1. The van der Waals surface area contributed by atoms with Gasteiger partial charge in [0, 0.05) is 24.7 Å². The molecule has 1 aromatic carbocycles. The van der Waals surface area contributed by atoms with Crippen molar-refractivity contribution in [1.82, 2.24) is 15.1 Å². The van der Waals surface area contributed by atoms with E-state index in [0.717, 1.165) is 6.07 Å². The molecule has 0 bridgehead atoms. The van der Waals surface area contributed by atoms with Crippen molar-refractivity contribution in [3.8, 4) is 0 Å². The highest BCUT2D eigenvalue weighted by molar-refractivity contribution is 6.32. The van der Waals surface area contributed by atoms with Gasteiger partial charge in [0.05, 0.1) is 10.8 Å². The number of nitro groups is 1. The predicted molar refractivity (Wildman–Crippen MR) is 85.3 cm³/mol. The minimum atomic E-state index is -4.74. The number of carbonyl (C=O) groups excluding carboxylic acids is 1. The van der Waals surface area contributed by atoms with Crippen LogP contribution in [0, 0.1) is 10.1 Å². The monoisotopic (exact) mass is 404 g/mol. The normalized spacial score (nSPS) is 17.8. The summed E-state index contributed by atoms with van der Waals surface area (Å²) in [6.07, 6.45) is -3.75. The lowest BCUT2D eigenvalue weighted by Crippen LogP contribution is -2.39. The van der Waals surface area contributed by atoms with Gasteiger partial charge in [0.15, 0.2) is 0 Å². The van der Waals surface area contributed by atoms with E-state index in [2.05, 4.69) is 10.2 Å². The van der Waals surface area contributed by atoms with E-state index in [-0.39, 0.29) is 23.0 Å². The molecule has 1 unspecified atom stereocenters. The zero-order chi connectivity index (χ0) is 19.8. The number of benzene rings is 1. The zero-order valence-electron chi connectivity index (χ0n) is 13.6. The van der Waals surface area contributed by atoms with Gasteiger partial charge in [-0.05, 0) is 25.0 Å². The fraction of sp³-hybridized carbons (Fsp3) is 0.400. The summed E-state index contributed by atoms with van der Waals surface area (Å²) in [6, 6.07) is 3.68. The molecule has 0 saturated carbocycles. The number of halogens is 4. The van der Waals surface area contributed by atoms with Gasteiger partial charge in [0.1, 0.15) is 5.02 Å². The van der Waals surface area contributed by atoms with Gasteiger partial charge < -0.3 is 9.32 Å². The van der Waals surface area contributed by atoms with Gasteiger partial charge in [0.2, 0.25) is 5.89 Å². The minimum absolute atomic E-state index is 0.0632. The Hall–Kier alpha value is -2.69. The molecule has 1 atom stereocenters. The molecule has 12 heteroatoms. The first kappa shape index (κ1) is 19.1. The third-order valence-corrected chi connectivity index (χ3v) is 4.45. The van der Waals surface area contributed by atoms with Crippen LogP contribution in [0.3, 0.4) is 0 Å². The van der Waals surface area contributed by atoms with E-state index in [1.807, 2.05) is 0 Å². The molecule has 2 heterocycles. The predicted octanol–water partition coefficient (Wildman–Crippen LogP) is 3.67. The summed E-state index contributed by atoms with van der Waals surface area (Å²) in [4.78, 5) is 24.3. The van der Waals surface area contributed by atoms with Crippen LogP contribution in [0.5, 0.6) is 0 Å². The van der Waals surface area contributed by atoms with E-state index < -0.39 is 34.5 Å². The van der Waals surface area contributed by atoms with E-state index in [1.165, 1.54) is 17.0 Å².